The summed E-state index contributed by atoms with van der Waals surface area (Å²) in [5.41, 5.74) is -0.853. The summed E-state index contributed by atoms with van der Waals surface area (Å²) in [5, 5.41) is 18.6. The highest BCUT2D eigenvalue weighted by Gasteiger charge is 2.35. The van der Waals surface area contributed by atoms with Crippen LogP contribution in [0.3, 0.4) is 0 Å². The molecule has 0 amide bonds. The van der Waals surface area contributed by atoms with Crippen molar-refractivity contribution < 1.29 is 19.7 Å². The molecular formula is C11H16N2O6. The van der Waals surface area contributed by atoms with Gasteiger partial charge in [-0.25, -0.2) is 4.79 Å². The molecule has 0 aromatic carbocycles. The van der Waals surface area contributed by atoms with Crippen molar-refractivity contribution in [2.45, 2.75) is 31.5 Å². The SMILES string of the molecule is COCc1cn(C2C[C@@H](O)[C@@H](CO)O2)c(=O)[nH]c1=O. The van der Waals surface area contributed by atoms with Crippen molar-refractivity contribution in [1.82, 2.24) is 9.55 Å². The summed E-state index contributed by atoms with van der Waals surface area (Å²) in [5.74, 6) is 0. The number of rotatable bonds is 4. The molecule has 0 saturated carbocycles. The fourth-order valence-corrected chi connectivity index (χ4v) is 2.05. The monoisotopic (exact) mass is 272 g/mol. The van der Waals surface area contributed by atoms with E-state index in [-0.39, 0.29) is 25.2 Å². The second kappa shape index (κ2) is 5.66. The number of ether oxygens (including phenoxy) is 2. The smallest absolute Gasteiger partial charge is 0.330 e. The van der Waals surface area contributed by atoms with Crippen LogP contribution in [-0.2, 0) is 16.1 Å². The zero-order valence-electron chi connectivity index (χ0n) is 10.4. The Morgan fingerprint density at radius 1 is 1.58 bits per heavy atom. The third-order valence-corrected chi connectivity index (χ3v) is 3.04. The van der Waals surface area contributed by atoms with E-state index in [4.69, 9.17) is 14.6 Å². The fourth-order valence-electron chi connectivity index (χ4n) is 2.05. The topological polar surface area (TPSA) is 114 Å². The number of hydrogen-bond acceptors (Lipinski definition) is 6. The van der Waals surface area contributed by atoms with Gasteiger partial charge in [-0.05, 0) is 0 Å². The number of aromatic amines is 1. The molecule has 0 radical (unpaired) electrons. The van der Waals surface area contributed by atoms with Crippen LogP contribution in [0.25, 0.3) is 0 Å². The van der Waals surface area contributed by atoms with Gasteiger partial charge in [0.25, 0.3) is 5.56 Å². The first-order chi connectivity index (χ1) is 9.06. The molecule has 8 nitrogen and oxygen atoms in total. The second-order valence-electron chi connectivity index (χ2n) is 4.37. The predicted molar refractivity (Wildman–Crippen MR) is 63.7 cm³/mol. The Labute approximate surface area is 108 Å². The number of aliphatic hydroxyl groups is 2. The normalized spacial score (nSPS) is 26.8. The maximum Gasteiger partial charge on any atom is 0.330 e. The average Bonchev–Trinajstić information content (AvgIpc) is 2.74. The van der Waals surface area contributed by atoms with Crippen molar-refractivity contribution in [2.24, 2.45) is 0 Å². The van der Waals surface area contributed by atoms with E-state index in [0.717, 1.165) is 0 Å². The Morgan fingerprint density at radius 3 is 2.89 bits per heavy atom. The Morgan fingerprint density at radius 2 is 2.32 bits per heavy atom. The van der Waals surface area contributed by atoms with Crippen LogP contribution >= 0.6 is 0 Å². The standard InChI is InChI=1S/C11H16N2O6/c1-18-5-6-3-13(11(17)12-10(6)16)9-2-7(15)8(4-14)19-9/h3,7-9,14-15H,2,4-5H2,1H3,(H,12,16,17)/t7-,8-,9?/m1/s1. The molecule has 3 N–H and O–H groups in total. The van der Waals surface area contributed by atoms with Gasteiger partial charge in [0.2, 0.25) is 0 Å². The molecule has 1 saturated heterocycles. The van der Waals surface area contributed by atoms with Gasteiger partial charge in [-0.3, -0.25) is 14.3 Å². The number of H-pyrrole nitrogens is 1. The highest BCUT2D eigenvalue weighted by atomic mass is 16.5. The number of methoxy groups -OCH3 is 1. The largest absolute Gasteiger partial charge is 0.394 e. The maximum absolute atomic E-state index is 11.7. The molecule has 19 heavy (non-hydrogen) atoms. The van der Waals surface area contributed by atoms with Gasteiger partial charge in [0, 0.05) is 19.7 Å². The zero-order valence-corrected chi connectivity index (χ0v) is 10.4. The second-order valence-corrected chi connectivity index (χ2v) is 4.37. The van der Waals surface area contributed by atoms with Gasteiger partial charge in [0.05, 0.1) is 24.9 Å². The van der Waals surface area contributed by atoms with E-state index in [2.05, 4.69) is 4.98 Å². The maximum atomic E-state index is 11.7. The van der Waals surface area contributed by atoms with Crippen LogP contribution in [0.2, 0.25) is 0 Å². The van der Waals surface area contributed by atoms with Crippen LogP contribution in [0.1, 0.15) is 18.2 Å². The molecule has 106 valence electrons. The fraction of sp³-hybridized carbons (Fsp3) is 0.636. The van der Waals surface area contributed by atoms with Crippen molar-refractivity contribution in [3.63, 3.8) is 0 Å². The van der Waals surface area contributed by atoms with Crippen LogP contribution in [-0.4, -0.2) is 45.7 Å². The molecule has 1 unspecified atom stereocenters. The van der Waals surface area contributed by atoms with Crippen molar-refractivity contribution >= 4 is 0 Å². The van der Waals surface area contributed by atoms with Crippen LogP contribution in [0.5, 0.6) is 0 Å². The Kier molecular flexibility index (Phi) is 4.15. The Hall–Kier alpha value is -1.48. The summed E-state index contributed by atoms with van der Waals surface area (Å²) in [6, 6.07) is 0. The summed E-state index contributed by atoms with van der Waals surface area (Å²) in [6.07, 6.45) is -0.771. The molecule has 0 bridgehead atoms. The Bertz CT molecular complexity index is 551. The molecule has 1 aromatic rings. The number of nitrogens with one attached hydrogen (secondary N) is 1. The predicted octanol–water partition coefficient (Wildman–Crippen LogP) is -1.68. The van der Waals surface area contributed by atoms with E-state index < -0.39 is 29.7 Å². The van der Waals surface area contributed by atoms with E-state index in [0.29, 0.717) is 0 Å². The van der Waals surface area contributed by atoms with Crippen molar-refractivity contribution in [2.75, 3.05) is 13.7 Å². The Balaban J connectivity index is 2.33. The lowest BCUT2D eigenvalue weighted by Crippen LogP contribution is -2.34. The molecule has 1 aliphatic heterocycles. The first-order valence-corrected chi connectivity index (χ1v) is 5.84. The van der Waals surface area contributed by atoms with Gasteiger partial charge in [-0.2, -0.15) is 0 Å². The minimum atomic E-state index is -0.847. The molecular weight excluding hydrogens is 256 g/mol. The summed E-state index contributed by atoms with van der Waals surface area (Å²) in [6.45, 7) is -0.269. The van der Waals surface area contributed by atoms with E-state index in [9.17, 15) is 14.7 Å². The van der Waals surface area contributed by atoms with Crippen LogP contribution in [0.15, 0.2) is 15.8 Å². The van der Waals surface area contributed by atoms with E-state index in [1.54, 1.807) is 0 Å². The minimum absolute atomic E-state index is 0.0638. The summed E-state index contributed by atoms with van der Waals surface area (Å²) < 4.78 is 11.4. The molecule has 1 aromatic heterocycles. The van der Waals surface area contributed by atoms with Crippen molar-refractivity contribution in [1.29, 1.82) is 0 Å². The molecule has 0 aliphatic carbocycles. The van der Waals surface area contributed by atoms with Crippen LogP contribution in [0, 0.1) is 0 Å². The van der Waals surface area contributed by atoms with Gasteiger partial charge < -0.3 is 19.7 Å². The molecule has 8 heteroatoms. The lowest BCUT2D eigenvalue weighted by molar-refractivity contribution is -0.0460. The van der Waals surface area contributed by atoms with Gasteiger partial charge >= 0.3 is 5.69 Å². The molecule has 3 atom stereocenters. The molecule has 1 aliphatic rings. The quantitative estimate of drug-likeness (QED) is 0.603. The first kappa shape index (κ1) is 13.9. The van der Waals surface area contributed by atoms with Gasteiger partial charge in [0.1, 0.15) is 12.3 Å². The summed E-state index contributed by atoms with van der Waals surface area (Å²) >= 11 is 0. The van der Waals surface area contributed by atoms with E-state index in [1.165, 1.54) is 17.9 Å². The molecule has 0 spiro atoms. The van der Waals surface area contributed by atoms with E-state index >= 15 is 0 Å². The lowest BCUT2D eigenvalue weighted by Gasteiger charge is -2.15. The highest BCUT2D eigenvalue weighted by molar-refractivity contribution is 5.04. The lowest BCUT2D eigenvalue weighted by atomic mass is 10.2. The average molecular weight is 272 g/mol. The first-order valence-electron chi connectivity index (χ1n) is 5.84. The summed E-state index contributed by atoms with van der Waals surface area (Å²) in [7, 11) is 1.44. The van der Waals surface area contributed by atoms with Gasteiger partial charge in [-0.1, -0.05) is 0 Å². The summed E-state index contributed by atoms with van der Waals surface area (Å²) in [4.78, 5) is 25.4. The van der Waals surface area contributed by atoms with Crippen LogP contribution in [0.4, 0.5) is 0 Å². The third-order valence-electron chi connectivity index (χ3n) is 3.04. The van der Waals surface area contributed by atoms with Gasteiger partial charge in [-0.15, -0.1) is 0 Å². The highest BCUT2D eigenvalue weighted by Crippen LogP contribution is 2.27. The number of hydrogen-bond donors (Lipinski definition) is 3. The van der Waals surface area contributed by atoms with Crippen molar-refractivity contribution in [3.05, 3.63) is 32.6 Å². The zero-order chi connectivity index (χ0) is 14.0. The minimum Gasteiger partial charge on any atom is -0.394 e. The third kappa shape index (κ3) is 2.76. The molecule has 2 rings (SSSR count). The number of nitrogens with zero attached hydrogens (tertiary/aromatic N) is 1. The number of aromatic nitrogens is 2. The van der Waals surface area contributed by atoms with Crippen LogP contribution < -0.4 is 11.2 Å². The van der Waals surface area contributed by atoms with Crippen molar-refractivity contribution in [3.8, 4) is 0 Å². The molecule has 2 heterocycles. The number of aliphatic hydroxyl groups excluding tert-OH is 2. The van der Waals surface area contributed by atoms with Gasteiger partial charge in [0.15, 0.2) is 0 Å². The van der Waals surface area contributed by atoms with E-state index in [1.807, 2.05) is 0 Å². The molecule has 1 fully saturated rings.